The molecule has 0 saturated carbocycles. The molecule has 0 aliphatic heterocycles. The van der Waals surface area contributed by atoms with E-state index < -0.39 is 36.3 Å². The molecular weight excluding hydrogens is 458 g/mol. The van der Waals surface area contributed by atoms with Gasteiger partial charge in [0.05, 0.1) is 6.61 Å². The number of amides is 3. The number of benzene rings is 2. The summed E-state index contributed by atoms with van der Waals surface area (Å²) in [5.41, 5.74) is 3.36. The van der Waals surface area contributed by atoms with Crippen molar-refractivity contribution in [1.82, 2.24) is 10.2 Å². The van der Waals surface area contributed by atoms with Crippen LogP contribution in [0.4, 0.5) is 10.5 Å². The molecule has 2 aromatic carbocycles. The van der Waals surface area contributed by atoms with Gasteiger partial charge in [-0.25, -0.2) is 4.79 Å². The third kappa shape index (κ3) is 7.81. The van der Waals surface area contributed by atoms with Crippen LogP contribution in [0.15, 0.2) is 42.5 Å². The topological polar surface area (TPSA) is 108 Å². The monoisotopic (exact) mass is 497 g/mol. The summed E-state index contributed by atoms with van der Waals surface area (Å²) in [4.78, 5) is 41.2. The molecule has 3 amide bonds. The molecule has 8 heteroatoms. The Morgan fingerprint density at radius 2 is 1.58 bits per heavy atom. The average Bonchev–Trinajstić information content (AvgIpc) is 2.79. The van der Waals surface area contributed by atoms with Gasteiger partial charge in [-0.1, -0.05) is 55.0 Å². The van der Waals surface area contributed by atoms with Crippen LogP contribution in [-0.4, -0.2) is 52.7 Å². The molecule has 0 fully saturated rings. The predicted molar refractivity (Wildman–Crippen MR) is 141 cm³/mol. The highest BCUT2D eigenvalue weighted by Crippen LogP contribution is 2.27. The smallest absolute Gasteiger partial charge is 0.408 e. The van der Waals surface area contributed by atoms with E-state index in [0.29, 0.717) is 17.7 Å². The number of rotatable bonds is 9. The number of hydrogen-bond donors (Lipinski definition) is 3. The number of anilines is 1. The Morgan fingerprint density at radius 1 is 1.00 bits per heavy atom. The standard InChI is InChI=1S/C28H39N3O5/c1-8-16-31(26(34)22(17-32)29-27(35)36-28(5,6)7)24(21-14-12-18(2)13-15-21)25(33)30-23-19(3)10-9-11-20(23)4/h9-15,22,24,32H,8,16-17H2,1-7H3,(H,29,35)(H,30,33). The second-order valence-corrected chi connectivity index (χ2v) is 9.98. The normalized spacial score (nSPS) is 12.9. The number of nitrogens with zero attached hydrogens (tertiary/aromatic N) is 1. The van der Waals surface area contributed by atoms with E-state index >= 15 is 0 Å². The zero-order chi connectivity index (χ0) is 27.0. The second kappa shape index (κ2) is 12.5. The Kier molecular flexibility index (Phi) is 10.0. The molecule has 36 heavy (non-hydrogen) atoms. The lowest BCUT2D eigenvalue weighted by Crippen LogP contribution is -2.54. The first-order valence-electron chi connectivity index (χ1n) is 12.2. The number of alkyl carbamates (subject to hydrolysis) is 1. The quantitative estimate of drug-likeness (QED) is 0.475. The number of carbonyl (C=O) groups is 3. The van der Waals surface area contributed by atoms with Crippen molar-refractivity contribution in [2.24, 2.45) is 0 Å². The zero-order valence-corrected chi connectivity index (χ0v) is 22.3. The summed E-state index contributed by atoms with van der Waals surface area (Å²) < 4.78 is 5.26. The first-order chi connectivity index (χ1) is 16.9. The van der Waals surface area contributed by atoms with Crippen LogP contribution in [0.5, 0.6) is 0 Å². The van der Waals surface area contributed by atoms with Gasteiger partial charge in [0.1, 0.15) is 17.7 Å². The summed E-state index contributed by atoms with van der Waals surface area (Å²) in [6.07, 6.45) is -0.256. The number of nitrogens with one attached hydrogen (secondary N) is 2. The molecule has 0 saturated heterocycles. The lowest BCUT2D eigenvalue weighted by atomic mass is 10.0. The molecule has 0 aromatic heterocycles. The Hall–Kier alpha value is -3.39. The first kappa shape index (κ1) is 28.8. The van der Waals surface area contributed by atoms with Gasteiger partial charge in [0, 0.05) is 12.2 Å². The molecule has 0 aliphatic carbocycles. The number of ether oxygens (including phenoxy) is 1. The summed E-state index contributed by atoms with van der Waals surface area (Å²) >= 11 is 0. The van der Waals surface area contributed by atoms with E-state index in [1.54, 1.807) is 20.8 Å². The Morgan fingerprint density at radius 3 is 2.08 bits per heavy atom. The van der Waals surface area contributed by atoms with Crippen LogP contribution < -0.4 is 10.6 Å². The van der Waals surface area contributed by atoms with Crippen LogP contribution in [0.3, 0.4) is 0 Å². The molecule has 0 radical (unpaired) electrons. The number of carbonyl (C=O) groups excluding carboxylic acids is 3. The number of aliphatic hydroxyl groups excluding tert-OH is 1. The highest BCUT2D eigenvalue weighted by Gasteiger charge is 2.36. The van der Waals surface area contributed by atoms with Crippen LogP contribution in [0, 0.1) is 20.8 Å². The van der Waals surface area contributed by atoms with Gasteiger partial charge >= 0.3 is 6.09 Å². The van der Waals surface area contributed by atoms with E-state index in [1.807, 2.05) is 70.2 Å². The van der Waals surface area contributed by atoms with Crippen molar-refractivity contribution < 1.29 is 24.2 Å². The summed E-state index contributed by atoms with van der Waals surface area (Å²) in [5, 5.41) is 15.4. The van der Waals surface area contributed by atoms with E-state index in [2.05, 4.69) is 10.6 Å². The molecule has 8 nitrogen and oxygen atoms in total. The van der Waals surface area contributed by atoms with E-state index in [0.717, 1.165) is 16.7 Å². The number of para-hydroxylation sites is 1. The summed E-state index contributed by atoms with van der Waals surface area (Å²) in [6.45, 7) is 12.4. The maximum atomic E-state index is 13.8. The van der Waals surface area contributed by atoms with Crippen LogP contribution in [-0.2, 0) is 14.3 Å². The van der Waals surface area contributed by atoms with E-state index in [9.17, 15) is 19.5 Å². The minimum atomic E-state index is -1.27. The van der Waals surface area contributed by atoms with Gasteiger partial charge in [0.25, 0.3) is 5.91 Å². The van der Waals surface area contributed by atoms with Crippen LogP contribution in [0.1, 0.15) is 62.4 Å². The highest BCUT2D eigenvalue weighted by atomic mass is 16.6. The summed E-state index contributed by atoms with van der Waals surface area (Å²) in [6, 6.07) is 10.9. The van der Waals surface area contributed by atoms with Gasteiger partial charge in [-0.05, 0) is 64.7 Å². The molecule has 2 aromatic rings. The number of aryl methyl sites for hydroxylation is 3. The van der Waals surface area contributed by atoms with Crippen molar-refractivity contribution in [2.45, 2.75) is 72.6 Å². The second-order valence-electron chi connectivity index (χ2n) is 9.98. The predicted octanol–water partition coefficient (Wildman–Crippen LogP) is 4.42. The van der Waals surface area contributed by atoms with Crippen LogP contribution >= 0.6 is 0 Å². The van der Waals surface area contributed by atoms with Crippen LogP contribution in [0.25, 0.3) is 0 Å². The molecule has 196 valence electrons. The van der Waals surface area contributed by atoms with Crippen LogP contribution in [0.2, 0.25) is 0 Å². The minimum absolute atomic E-state index is 0.240. The molecule has 0 heterocycles. The molecule has 2 unspecified atom stereocenters. The van der Waals surface area contributed by atoms with Crippen molar-refractivity contribution in [3.05, 3.63) is 64.7 Å². The molecule has 3 N–H and O–H groups in total. The minimum Gasteiger partial charge on any atom is -0.444 e. The van der Waals surface area contributed by atoms with Crippen molar-refractivity contribution in [3.8, 4) is 0 Å². The van der Waals surface area contributed by atoms with Crippen molar-refractivity contribution >= 4 is 23.6 Å². The first-order valence-corrected chi connectivity index (χ1v) is 12.2. The Balaban J connectivity index is 2.47. The van der Waals surface area contributed by atoms with Crippen molar-refractivity contribution in [1.29, 1.82) is 0 Å². The number of aliphatic hydroxyl groups is 1. The van der Waals surface area contributed by atoms with Gasteiger partial charge in [-0.15, -0.1) is 0 Å². The Labute approximate surface area is 214 Å². The van der Waals surface area contributed by atoms with Gasteiger partial charge in [-0.3, -0.25) is 9.59 Å². The molecule has 0 aliphatic rings. The molecule has 2 rings (SSSR count). The van der Waals surface area contributed by atoms with Gasteiger partial charge in [0.2, 0.25) is 5.91 Å². The van der Waals surface area contributed by atoms with Crippen molar-refractivity contribution in [2.75, 3.05) is 18.5 Å². The van der Waals surface area contributed by atoms with E-state index in [1.165, 1.54) is 4.90 Å². The molecule has 2 atom stereocenters. The maximum absolute atomic E-state index is 13.8. The summed E-state index contributed by atoms with van der Waals surface area (Å²) in [7, 11) is 0. The highest BCUT2D eigenvalue weighted by molar-refractivity contribution is 5.99. The SMILES string of the molecule is CCCN(C(=O)C(CO)NC(=O)OC(C)(C)C)C(C(=O)Nc1c(C)cccc1C)c1ccc(C)cc1. The molecule has 0 bridgehead atoms. The average molecular weight is 498 g/mol. The van der Waals surface area contributed by atoms with Crippen molar-refractivity contribution in [3.63, 3.8) is 0 Å². The fourth-order valence-electron chi connectivity index (χ4n) is 3.87. The molecular formula is C28H39N3O5. The fraction of sp³-hybridized carbons (Fsp3) is 0.464. The van der Waals surface area contributed by atoms with Gasteiger partial charge < -0.3 is 25.4 Å². The third-order valence-corrected chi connectivity index (χ3v) is 5.60. The van der Waals surface area contributed by atoms with E-state index in [-0.39, 0.29) is 12.5 Å². The summed E-state index contributed by atoms with van der Waals surface area (Å²) in [5.74, 6) is -0.959. The van der Waals surface area contributed by atoms with E-state index in [4.69, 9.17) is 4.74 Å². The maximum Gasteiger partial charge on any atom is 0.408 e. The lowest BCUT2D eigenvalue weighted by Gasteiger charge is -2.34. The lowest BCUT2D eigenvalue weighted by molar-refractivity contribution is -0.141. The number of hydrogen-bond acceptors (Lipinski definition) is 5. The molecule has 0 spiro atoms. The largest absolute Gasteiger partial charge is 0.444 e. The third-order valence-electron chi connectivity index (χ3n) is 5.60. The zero-order valence-electron chi connectivity index (χ0n) is 22.3. The van der Waals surface area contributed by atoms with Gasteiger partial charge in [-0.2, -0.15) is 0 Å². The van der Waals surface area contributed by atoms with Gasteiger partial charge in [0.15, 0.2) is 0 Å². The Bertz CT molecular complexity index is 1040. The fourth-order valence-corrected chi connectivity index (χ4v) is 3.87.